The van der Waals surface area contributed by atoms with Crippen molar-refractivity contribution >= 4 is 23.4 Å². The molecule has 0 atom stereocenters. The van der Waals surface area contributed by atoms with Crippen LogP contribution >= 0.6 is 0 Å². The summed E-state index contributed by atoms with van der Waals surface area (Å²) in [6, 6.07) is 7.86. The van der Waals surface area contributed by atoms with Gasteiger partial charge in [0.15, 0.2) is 0 Å². The number of aromatic nitrogens is 2. The topological polar surface area (TPSA) is 104 Å². The van der Waals surface area contributed by atoms with E-state index in [1.165, 1.54) is 19.0 Å². The lowest BCUT2D eigenvalue weighted by Gasteiger charge is -2.24. The summed E-state index contributed by atoms with van der Waals surface area (Å²) in [5, 5.41) is 3.25. The number of primary amides is 1. The lowest BCUT2D eigenvalue weighted by Crippen LogP contribution is -2.39. The zero-order chi connectivity index (χ0) is 21.1. The summed E-state index contributed by atoms with van der Waals surface area (Å²) in [5.41, 5.74) is 7.61. The molecule has 2 heterocycles. The largest absolute Gasteiger partial charge is 0.369 e. The minimum absolute atomic E-state index is 0.0262. The summed E-state index contributed by atoms with van der Waals surface area (Å²) < 4.78 is 0. The van der Waals surface area contributed by atoms with Crippen molar-refractivity contribution in [2.24, 2.45) is 11.7 Å². The van der Waals surface area contributed by atoms with Gasteiger partial charge in [-0.1, -0.05) is 12.1 Å². The zero-order valence-corrected chi connectivity index (χ0v) is 17.3. The van der Waals surface area contributed by atoms with Gasteiger partial charge in [0.05, 0.1) is 5.56 Å². The van der Waals surface area contributed by atoms with Crippen molar-refractivity contribution < 1.29 is 9.59 Å². The van der Waals surface area contributed by atoms with Crippen molar-refractivity contribution in [3.8, 4) is 0 Å². The van der Waals surface area contributed by atoms with Crippen LogP contribution in [0.5, 0.6) is 0 Å². The number of hydrogen-bond acceptors (Lipinski definition) is 5. The molecule has 8 heteroatoms. The predicted octanol–water partition coefficient (Wildman–Crippen LogP) is 2.64. The maximum absolute atomic E-state index is 12.7. The highest BCUT2D eigenvalue weighted by Crippen LogP contribution is 2.29. The van der Waals surface area contributed by atoms with E-state index in [0.717, 1.165) is 43.7 Å². The van der Waals surface area contributed by atoms with Crippen molar-refractivity contribution in [2.75, 3.05) is 36.9 Å². The monoisotopic (exact) mass is 408 g/mol. The number of rotatable bonds is 7. The van der Waals surface area contributed by atoms with Gasteiger partial charge in [-0.3, -0.25) is 9.69 Å². The van der Waals surface area contributed by atoms with E-state index in [9.17, 15) is 9.59 Å². The second-order valence-corrected chi connectivity index (χ2v) is 8.12. The molecule has 0 radical (unpaired) electrons. The van der Waals surface area contributed by atoms with Gasteiger partial charge < -0.3 is 16.0 Å². The molecule has 30 heavy (non-hydrogen) atoms. The lowest BCUT2D eigenvalue weighted by atomic mass is 10.1. The highest BCUT2D eigenvalue weighted by atomic mass is 16.2. The van der Waals surface area contributed by atoms with Gasteiger partial charge in [0.2, 0.25) is 0 Å². The minimum atomic E-state index is -0.538. The molecule has 1 saturated carbocycles. The van der Waals surface area contributed by atoms with E-state index < -0.39 is 5.91 Å². The molecule has 4 rings (SSSR count). The molecule has 3 N–H and O–H groups in total. The number of carbonyl (C=O) groups excluding carboxylic acids is 2. The highest BCUT2D eigenvalue weighted by molar-refractivity contribution is 5.97. The van der Waals surface area contributed by atoms with Crippen molar-refractivity contribution in [1.29, 1.82) is 0 Å². The van der Waals surface area contributed by atoms with Crippen LogP contribution in [0.1, 0.15) is 47.4 Å². The van der Waals surface area contributed by atoms with Gasteiger partial charge in [-0.05, 0) is 49.3 Å². The molecule has 2 aromatic rings. The molecular formula is C22H28N6O2. The number of urea groups is 1. The summed E-state index contributed by atoms with van der Waals surface area (Å²) >= 11 is 0. The molecule has 2 fully saturated rings. The van der Waals surface area contributed by atoms with E-state index in [1.807, 2.05) is 29.2 Å². The normalized spacial score (nSPS) is 15.8. The molecule has 1 saturated heterocycles. The Bertz CT molecular complexity index is 937. The van der Waals surface area contributed by atoms with Gasteiger partial charge in [0, 0.05) is 45.0 Å². The van der Waals surface area contributed by atoms with E-state index in [4.69, 9.17) is 5.73 Å². The maximum atomic E-state index is 12.7. The smallest absolute Gasteiger partial charge is 0.324 e. The Morgan fingerprint density at radius 2 is 2.03 bits per heavy atom. The van der Waals surface area contributed by atoms with Gasteiger partial charge in [0.25, 0.3) is 5.91 Å². The number of nitrogens with zero attached hydrogens (tertiary/aromatic N) is 4. The average molecular weight is 409 g/mol. The first-order valence-corrected chi connectivity index (χ1v) is 10.5. The Morgan fingerprint density at radius 3 is 2.73 bits per heavy atom. The summed E-state index contributed by atoms with van der Waals surface area (Å²) in [4.78, 5) is 36.8. The summed E-state index contributed by atoms with van der Waals surface area (Å²) in [6.45, 7) is 2.43. The van der Waals surface area contributed by atoms with Gasteiger partial charge in [-0.2, -0.15) is 0 Å². The standard InChI is InChI=1S/C22H28N6O2/c1-27(22(30)28-9-2-3-10-28)17-6-4-5-16(11-17)12-19-24-14-18(20(23)29)21(26-19)25-13-15-7-8-15/h4-6,11,14-15H,2-3,7-10,12-13H2,1H3,(H2,23,29)(H,24,25,26). The second-order valence-electron chi connectivity index (χ2n) is 8.12. The fraction of sp³-hybridized carbons (Fsp3) is 0.455. The third-order valence-electron chi connectivity index (χ3n) is 5.68. The summed E-state index contributed by atoms with van der Waals surface area (Å²) in [6.07, 6.45) is 6.52. The molecule has 8 nitrogen and oxygen atoms in total. The van der Waals surface area contributed by atoms with Crippen LogP contribution in [0.25, 0.3) is 0 Å². The van der Waals surface area contributed by atoms with Crippen LogP contribution in [0.2, 0.25) is 0 Å². The molecule has 1 aromatic carbocycles. The molecular weight excluding hydrogens is 380 g/mol. The van der Waals surface area contributed by atoms with Gasteiger partial charge in [0.1, 0.15) is 11.6 Å². The predicted molar refractivity (Wildman–Crippen MR) is 116 cm³/mol. The first kappa shape index (κ1) is 20.1. The first-order chi connectivity index (χ1) is 14.5. The Labute approximate surface area is 176 Å². The number of benzene rings is 1. The molecule has 0 bridgehead atoms. The number of anilines is 2. The fourth-order valence-electron chi connectivity index (χ4n) is 3.67. The van der Waals surface area contributed by atoms with Crippen LogP contribution in [0.15, 0.2) is 30.5 Å². The van der Waals surface area contributed by atoms with E-state index in [1.54, 1.807) is 11.9 Å². The van der Waals surface area contributed by atoms with Crippen LogP contribution in [-0.2, 0) is 6.42 Å². The van der Waals surface area contributed by atoms with Gasteiger partial charge in [-0.15, -0.1) is 0 Å². The SMILES string of the molecule is CN(C(=O)N1CCCC1)c1cccc(Cc2ncc(C(N)=O)c(NCC3CC3)n2)c1. The third kappa shape index (κ3) is 4.69. The van der Waals surface area contributed by atoms with Gasteiger partial charge >= 0.3 is 6.03 Å². The number of amides is 3. The zero-order valence-electron chi connectivity index (χ0n) is 17.3. The Balaban J connectivity index is 1.49. The molecule has 1 aliphatic carbocycles. The highest BCUT2D eigenvalue weighted by Gasteiger charge is 2.23. The summed E-state index contributed by atoms with van der Waals surface area (Å²) in [5.74, 6) is 1.20. The number of nitrogens with one attached hydrogen (secondary N) is 1. The molecule has 0 unspecified atom stereocenters. The second kappa shape index (κ2) is 8.69. The molecule has 1 aliphatic heterocycles. The van der Waals surface area contributed by atoms with Gasteiger partial charge in [-0.25, -0.2) is 14.8 Å². The van der Waals surface area contributed by atoms with Crippen molar-refractivity contribution in [2.45, 2.75) is 32.1 Å². The van der Waals surface area contributed by atoms with E-state index >= 15 is 0 Å². The quantitative estimate of drug-likeness (QED) is 0.733. The number of hydrogen-bond donors (Lipinski definition) is 2. The van der Waals surface area contributed by atoms with E-state index in [0.29, 0.717) is 29.5 Å². The van der Waals surface area contributed by atoms with Crippen molar-refractivity contribution in [3.05, 3.63) is 47.4 Å². The number of likely N-dealkylation sites (tertiary alicyclic amines) is 1. The lowest BCUT2D eigenvalue weighted by molar-refractivity contribution is 0.100. The van der Waals surface area contributed by atoms with E-state index in [2.05, 4.69) is 15.3 Å². The Morgan fingerprint density at radius 1 is 1.27 bits per heavy atom. The van der Waals surface area contributed by atoms with Crippen LogP contribution in [-0.4, -0.2) is 53.5 Å². The molecule has 158 valence electrons. The Hall–Kier alpha value is -3.16. The van der Waals surface area contributed by atoms with Crippen LogP contribution in [0.4, 0.5) is 16.3 Å². The van der Waals surface area contributed by atoms with Crippen molar-refractivity contribution in [1.82, 2.24) is 14.9 Å². The first-order valence-electron chi connectivity index (χ1n) is 10.5. The Kier molecular flexibility index (Phi) is 5.83. The third-order valence-corrected chi connectivity index (χ3v) is 5.68. The van der Waals surface area contributed by atoms with Crippen LogP contribution in [0, 0.1) is 5.92 Å². The van der Waals surface area contributed by atoms with Crippen molar-refractivity contribution in [3.63, 3.8) is 0 Å². The molecule has 2 aliphatic rings. The summed E-state index contributed by atoms with van der Waals surface area (Å²) in [7, 11) is 1.80. The number of nitrogens with two attached hydrogens (primary N) is 1. The number of carbonyl (C=O) groups is 2. The maximum Gasteiger partial charge on any atom is 0.324 e. The molecule has 1 aromatic heterocycles. The molecule has 0 spiro atoms. The van der Waals surface area contributed by atoms with E-state index in [-0.39, 0.29) is 6.03 Å². The fourth-order valence-corrected chi connectivity index (χ4v) is 3.67. The van der Waals surface area contributed by atoms with Crippen LogP contribution in [0.3, 0.4) is 0 Å². The average Bonchev–Trinajstić information content (AvgIpc) is 3.42. The molecule has 3 amide bonds. The van der Waals surface area contributed by atoms with Crippen LogP contribution < -0.4 is 16.0 Å². The minimum Gasteiger partial charge on any atom is -0.369 e.